The van der Waals surface area contributed by atoms with Gasteiger partial charge in [-0.2, -0.15) is 0 Å². The zero-order chi connectivity index (χ0) is 26.3. The van der Waals surface area contributed by atoms with E-state index >= 15 is 0 Å². The summed E-state index contributed by atoms with van der Waals surface area (Å²) in [6.07, 6.45) is 6.12. The van der Waals surface area contributed by atoms with Gasteiger partial charge in [0.1, 0.15) is 23.5 Å². The number of carbonyl (C=O) groups is 3. The molecular formula is C25H27FN4O6. The van der Waals surface area contributed by atoms with Gasteiger partial charge in [0.15, 0.2) is 0 Å². The van der Waals surface area contributed by atoms with Gasteiger partial charge in [-0.3, -0.25) is 4.79 Å². The maximum absolute atomic E-state index is 13.3. The molecule has 1 amide bonds. The molecule has 10 nitrogen and oxygen atoms in total. The number of allylic oxidation sites excluding steroid dienone is 1. The fraction of sp³-hybridized carbons (Fsp3) is 0.320. The zero-order valence-corrected chi connectivity index (χ0v) is 20.1. The number of carbonyl (C=O) groups excluding carboxylic acids is 2. The fourth-order valence-electron chi connectivity index (χ4n) is 3.26. The molecule has 1 aromatic carbocycles. The summed E-state index contributed by atoms with van der Waals surface area (Å²) in [5.74, 6) is -0.608. The topological polar surface area (TPSA) is 137 Å². The van der Waals surface area contributed by atoms with Gasteiger partial charge in [0.2, 0.25) is 5.78 Å². The fourth-order valence-corrected chi connectivity index (χ4v) is 3.26. The molecule has 0 bridgehead atoms. The van der Waals surface area contributed by atoms with Crippen LogP contribution in [0.1, 0.15) is 62.6 Å². The summed E-state index contributed by atoms with van der Waals surface area (Å²) in [5, 5.41) is 12.4. The molecule has 0 saturated heterocycles. The second-order valence-electron chi connectivity index (χ2n) is 8.85. The maximum Gasteiger partial charge on any atom is 0.417 e. The van der Waals surface area contributed by atoms with Crippen LogP contribution >= 0.6 is 0 Å². The summed E-state index contributed by atoms with van der Waals surface area (Å²) >= 11 is 0. The monoisotopic (exact) mass is 498 g/mol. The molecule has 0 aliphatic carbocycles. The van der Waals surface area contributed by atoms with Gasteiger partial charge in [0, 0.05) is 18.2 Å². The number of aromatic nitrogens is 3. The first-order valence-corrected chi connectivity index (χ1v) is 11.2. The average Bonchev–Trinajstić information content (AvgIpc) is 3.48. The van der Waals surface area contributed by atoms with E-state index in [0.29, 0.717) is 17.7 Å². The molecule has 2 heterocycles. The second kappa shape index (κ2) is 11.4. The van der Waals surface area contributed by atoms with E-state index in [1.165, 1.54) is 42.9 Å². The lowest BCUT2D eigenvalue weighted by Crippen LogP contribution is -2.36. The smallest absolute Gasteiger partial charge is 0.417 e. The normalized spacial score (nSPS) is 12.4. The summed E-state index contributed by atoms with van der Waals surface area (Å²) < 4.78 is 24.6. The Morgan fingerprint density at radius 3 is 2.56 bits per heavy atom. The summed E-state index contributed by atoms with van der Waals surface area (Å²) in [6, 6.07) is 4.58. The van der Waals surface area contributed by atoms with Crippen molar-refractivity contribution in [2.75, 3.05) is 0 Å². The van der Waals surface area contributed by atoms with E-state index in [4.69, 9.17) is 9.15 Å². The lowest BCUT2D eigenvalue weighted by Gasteiger charge is -2.23. The first kappa shape index (κ1) is 26.3. The van der Waals surface area contributed by atoms with Crippen molar-refractivity contribution in [2.24, 2.45) is 0 Å². The van der Waals surface area contributed by atoms with Crippen LogP contribution < -0.4 is 5.32 Å². The van der Waals surface area contributed by atoms with Crippen molar-refractivity contribution >= 4 is 18.0 Å². The Morgan fingerprint density at radius 2 is 1.94 bits per heavy atom. The quantitative estimate of drug-likeness (QED) is 0.296. The van der Waals surface area contributed by atoms with Gasteiger partial charge in [-0.05, 0) is 57.9 Å². The SMILES string of the molecule is CC(C)(C)OC(=O)N[C@@H](C/C=C/CCC(=O)c1ncco1)c1nc(-c2ccc(F)cc2)cn1C(=O)O. The van der Waals surface area contributed by atoms with Crippen molar-refractivity contribution in [2.45, 2.75) is 51.7 Å². The molecule has 190 valence electrons. The lowest BCUT2D eigenvalue weighted by molar-refractivity contribution is 0.0500. The standard InChI is InChI=1S/C25H27FN4O6/c1-25(2,3)36-23(32)29-18(7-5-4-6-8-20(31)22-27-13-14-35-22)21-28-19(15-30(21)24(33)34)16-9-11-17(26)12-10-16/h4-5,9-15,18H,6-8H2,1-3H3,(H,29,32)(H,33,34)/b5-4+/t18-/m0/s1. The summed E-state index contributed by atoms with van der Waals surface area (Å²) in [6.45, 7) is 5.12. The number of nitrogens with one attached hydrogen (secondary N) is 1. The van der Waals surface area contributed by atoms with Gasteiger partial charge in [0.05, 0.1) is 17.9 Å². The van der Waals surface area contributed by atoms with E-state index in [-0.39, 0.29) is 30.3 Å². The summed E-state index contributed by atoms with van der Waals surface area (Å²) in [5.41, 5.74) is 0.0322. The van der Waals surface area contributed by atoms with Crippen LogP contribution in [0.25, 0.3) is 11.3 Å². The molecule has 0 spiro atoms. The second-order valence-corrected chi connectivity index (χ2v) is 8.85. The highest BCUT2D eigenvalue weighted by Gasteiger charge is 2.26. The third-order valence-electron chi connectivity index (χ3n) is 4.83. The van der Waals surface area contributed by atoms with Gasteiger partial charge in [0.25, 0.3) is 5.89 Å². The largest absolute Gasteiger partial charge is 0.464 e. The van der Waals surface area contributed by atoms with Crippen LogP contribution in [-0.2, 0) is 4.74 Å². The number of hydrogen-bond donors (Lipinski definition) is 2. The number of Topliss-reactive ketones (excluding diaryl/α,β-unsaturated/α-hetero) is 1. The minimum atomic E-state index is -1.30. The van der Waals surface area contributed by atoms with Gasteiger partial charge in [-0.15, -0.1) is 0 Å². The molecule has 0 radical (unpaired) electrons. The Balaban J connectivity index is 1.81. The highest BCUT2D eigenvalue weighted by atomic mass is 19.1. The highest BCUT2D eigenvalue weighted by Crippen LogP contribution is 2.25. The van der Waals surface area contributed by atoms with Crippen LogP contribution in [0.5, 0.6) is 0 Å². The molecule has 0 unspecified atom stereocenters. The van der Waals surface area contributed by atoms with Crippen molar-refractivity contribution in [3.8, 4) is 11.3 Å². The molecule has 0 fully saturated rings. The Bertz CT molecular complexity index is 1230. The van der Waals surface area contributed by atoms with Crippen molar-refractivity contribution in [1.82, 2.24) is 19.9 Å². The Morgan fingerprint density at radius 1 is 1.22 bits per heavy atom. The van der Waals surface area contributed by atoms with Crippen molar-refractivity contribution < 1.29 is 33.0 Å². The van der Waals surface area contributed by atoms with Crippen LogP contribution in [0.4, 0.5) is 14.0 Å². The Hall–Kier alpha value is -4.28. The van der Waals surface area contributed by atoms with Gasteiger partial charge in [-0.25, -0.2) is 28.5 Å². The number of imidazole rings is 1. The number of halogens is 1. The van der Waals surface area contributed by atoms with Crippen LogP contribution in [-0.4, -0.2) is 43.2 Å². The van der Waals surface area contributed by atoms with Crippen molar-refractivity contribution in [1.29, 1.82) is 0 Å². The first-order chi connectivity index (χ1) is 17.0. The third kappa shape index (κ3) is 7.36. The molecular weight excluding hydrogens is 471 g/mol. The van der Waals surface area contributed by atoms with Crippen LogP contribution in [0.3, 0.4) is 0 Å². The van der Waals surface area contributed by atoms with Crippen LogP contribution in [0, 0.1) is 5.82 Å². The molecule has 3 aromatic rings. The number of carboxylic acid groups (broad SMARTS) is 1. The molecule has 0 aliphatic heterocycles. The van der Waals surface area contributed by atoms with Gasteiger partial charge < -0.3 is 19.6 Å². The van der Waals surface area contributed by atoms with E-state index < -0.39 is 29.6 Å². The number of nitrogens with zero attached hydrogens (tertiary/aromatic N) is 3. The molecule has 2 N–H and O–H groups in total. The third-order valence-corrected chi connectivity index (χ3v) is 4.83. The average molecular weight is 499 g/mol. The maximum atomic E-state index is 13.3. The number of benzene rings is 1. The van der Waals surface area contributed by atoms with Crippen LogP contribution in [0.2, 0.25) is 0 Å². The Kier molecular flexibility index (Phi) is 8.36. The molecule has 2 aromatic heterocycles. The minimum absolute atomic E-state index is 0.0321. The Labute approximate surface area is 206 Å². The van der Waals surface area contributed by atoms with Gasteiger partial charge >= 0.3 is 12.2 Å². The lowest BCUT2D eigenvalue weighted by atomic mass is 10.1. The number of ether oxygens (including phenoxy) is 1. The molecule has 0 aliphatic rings. The predicted molar refractivity (Wildman–Crippen MR) is 127 cm³/mol. The number of hydrogen-bond acceptors (Lipinski definition) is 7. The summed E-state index contributed by atoms with van der Waals surface area (Å²) in [4.78, 5) is 44.7. The molecule has 36 heavy (non-hydrogen) atoms. The molecule has 0 saturated carbocycles. The van der Waals surface area contributed by atoms with Crippen LogP contribution in [0.15, 0.2) is 59.5 Å². The van der Waals surface area contributed by atoms with Gasteiger partial charge in [-0.1, -0.05) is 12.2 Å². The van der Waals surface area contributed by atoms with Crippen molar-refractivity contribution in [3.63, 3.8) is 0 Å². The first-order valence-electron chi connectivity index (χ1n) is 11.2. The highest BCUT2D eigenvalue weighted by molar-refractivity contribution is 5.91. The number of ketones is 1. The summed E-state index contributed by atoms with van der Waals surface area (Å²) in [7, 11) is 0. The number of amides is 1. The number of alkyl carbamates (subject to hydrolysis) is 1. The zero-order valence-electron chi connectivity index (χ0n) is 20.1. The van der Waals surface area contributed by atoms with Crippen molar-refractivity contribution in [3.05, 3.63) is 72.6 Å². The molecule has 3 rings (SSSR count). The number of oxazole rings is 1. The van der Waals surface area contributed by atoms with E-state index in [1.807, 2.05) is 0 Å². The van der Waals surface area contributed by atoms with E-state index in [0.717, 1.165) is 4.57 Å². The van der Waals surface area contributed by atoms with E-state index in [9.17, 15) is 23.9 Å². The van der Waals surface area contributed by atoms with E-state index in [2.05, 4.69) is 15.3 Å². The minimum Gasteiger partial charge on any atom is -0.464 e. The van der Waals surface area contributed by atoms with E-state index in [1.54, 1.807) is 32.9 Å². The molecule has 11 heteroatoms. The molecule has 1 atom stereocenters. The predicted octanol–water partition coefficient (Wildman–Crippen LogP) is 5.38. The number of rotatable bonds is 9.